The van der Waals surface area contributed by atoms with Crippen LogP contribution in [0.1, 0.15) is 4.88 Å². The van der Waals surface area contributed by atoms with Crippen LogP contribution in [0.2, 0.25) is 0 Å². The van der Waals surface area contributed by atoms with E-state index in [9.17, 15) is 29.4 Å². The fraction of sp³-hybridized carbons (Fsp3) is 0.304. The van der Waals surface area contributed by atoms with Gasteiger partial charge >= 0.3 is 11.9 Å². The van der Waals surface area contributed by atoms with E-state index >= 15 is 0 Å². The van der Waals surface area contributed by atoms with Crippen LogP contribution in [0.25, 0.3) is 0 Å². The molecule has 4 heterocycles. The van der Waals surface area contributed by atoms with E-state index in [0.29, 0.717) is 11.3 Å². The number of fused-ring (bicyclic) bond motifs is 1. The molecule has 3 aliphatic heterocycles. The van der Waals surface area contributed by atoms with Crippen molar-refractivity contribution in [3.05, 3.63) is 64.0 Å². The average molecular weight is 562 g/mol. The molecule has 0 radical (unpaired) electrons. The second-order valence-electron chi connectivity index (χ2n) is 8.43. The summed E-state index contributed by atoms with van der Waals surface area (Å²) in [7, 11) is 0. The number of hydrogen-bond acceptors (Lipinski definition) is 10. The molecular formula is C23H23N5O6S3. The molecule has 2 unspecified atom stereocenters. The highest BCUT2D eigenvalue weighted by molar-refractivity contribution is 8.02. The maximum Gasteiger partial charge on any atom is 0.357 e. The number of aliphatic carboxylic acids is 2. The van der Waals surface area contributed by atoms with E-state index in [4.69, 9.17) is 0 Å². The summed E-state index contributed by atoms with van der Waals surface area (Å²) in [5.74, 6) is -2.85. The predicted molar refractivity (Wildman–Crippen MR) is 141 cm³/mol. The van der Waals surface area contributed by atoms with Crippen LogP contribution in [-0.4, -0.2) is 73.5 Å². The van der Waals surface area contributed by atoms with Crippen LogP contribution in [0.5, 0.6) is 0 Å². The van der Waals surface area contributed by atoms with E-state index in [0.717, 1.165) is 16.6 Å². The highest BCUT2D eigenvalue weighted by Gasteiger charge is 2.55. The molecule has 1 aromatic heterocycles. The van der Waals surface area contributed by atoms with Crippen molar-refractivity contribution in [3.8, 4) is 0 Å². The molecule has 5 N–H and O–H groups in total. The fourth-order valence-electron chi connectivity index (χ4n) is 4.42. The molecule has 1 aromatic carbocycles. The van der Waals surface area contributed by atoms with E-state index in [1.165, 1.54) is 28.0 Å². The first kappa shape index (κ1) is 25.6. The quantitative estimate of drug-likeness (QED) is 0.280. The molecule has 37 heavy (non-hydrogen) atoms. The van der Waals surface area contributed by atoms with Gasteiger partial charge in [0.05, 0.1) is 13.1 Å². The molecule has 2 saturated heterocycles. The number of carbonyl (C=O) groups is 4. The van der Waals surface area contributed by atoms with Gasteiger partial charge in [0.25, 0.3) is 10.9 Å². The van der Waals surface area contributed by atoms with Gasteiger partial charge in [-0.05, 0) is 29.2 Å². The molecule has 3 aliphatic rings. The minimum absolute atomic E-state index is 0.0604. The lowest BCUT2D eigenvalue weighted by molar-refractivity contribution is -0.150. The first-order valence-electron chi connectivity index (χ1n) is 11.2. The highest BCUT2D eigenvalue weighted by Crippen LogP contribution is 2.43. The van der Waals surface area contributed by atoms with Crippen LogP contribution in [-0.2, 0) is 25.6 Å². The van der Waals surface area contributed by atoms with Crippen LogP contribution in [0.3, 0.4) is 0 Å². The lowest BCUT2D eigenvalue weighted by atomic mass is 10.0. The summed E-state index contributed by atoms with van der Waals surface area (Å²) in [5.41, 5.74) is 6.67. The number of hydrogen-bond donors (Lipinski definition) is 5. The highest BCUT2D eigenvalue weighted by atomic mass is 32.2. The van der Waals surface area contributed by atoms with Gasteiger partial charge in [-0.15, -0.1) is 34.9 Å². The Bertz CT molecular complexity index is 1260. The Hall–Kier alpha value is -3.04. The van der Waals surface area contributed by atoms with Crippen molar-refractivity contribution >= 4 is 64.3 Å². The standard InChI is InChI=1S/C23H23N5O6S3/c29-16(9-15-7-4-8-35-15)25-17-19(30)28-18(21(31)32)13(10-36-20(17)28)11-37-23(22(33)34)26-24-12-27(23)14-5-2-1-3-6-14/h1-8,17,20,24,26H,9-12H2,(H,25,29)(H,31,32)(H,33,34)/t17?,20-,23?/m1/s1. The number of thioether (sulfide) groups is 2. The third-order valence-corrected chi connectivity index (χ3v) is 9.79. The van der Waals surface area contributed by atoms with Crippen LogP contribution in [0.4, 0.5) is 5.69 Å². The molecule has 3 atom stereocenters. The Morgan fingerprint density at radius 3 is 2.62 bits per heavy atom. The summed E-state index contributed by atoms with van der Waals surface area (Å²) in [6, 6.07) is 11.9. The number of carboxylic acids is 2. The van der Waals surface area contributed by atoms with Gasteiger partial charge < -0.3 is 20.4 Å². The smallest absolute Gasteiger partial charge is 0.357 e. The number of thiophene rings is 1. The van der Waals surface area contributed by atoms with E-state index in [2.05, 4.69) is 16.2 Å². The molecule has 2 amide bonds. The molecule has 194 valence electrons. The third kappa shape index (κ3) is 4.70. The lowest BCUT2D eigenvalue weighted by Crippen LogP contribution is -2.70. The van der Waals surface area contributed by atoms with Crippen molar-refractivity contribution in [2.24, 2.45) is 0 Å². The number of carbonyl (C=O) groups excluding carboxylic acids is 2. The van der Waals surface area contributed by atoms with Crippen LogP contribution in [0, 0.1) is 0 Å². The van der Waals surface area contributed by atoms with E-state index in [1.807, 2.05) is 23.6 Å². The first-order valence-corrected chi connectivity index (χ1v) is 14.1. The normalized spacial score (nSPS) is 25.0. The maximum absolute atomic E-state index is 12.9. The first-order chi connectivity index (χ1) is 17.8. The molecule has 0 bridgehead atoms. The van der Waals surface area contributed by atoms with Crippen molar-refractivity contribution in [2.45, 2.75) is 22.8 Å². The van der Waals surface area contributed by atoms with Gasteiger partial charge in [-0.2, -0.15) is 0 Å². The Morgan fingerprint density at radius 1 is 1.16 bits per heavy atom. The van der Waals surface area contributed by atoms with Crippen LogP contribution >= 0.6 is 34.9 Å². The minimum atomic E-state index is -1.59. The largest absolute Gasteiger partial charge is 0.478 e. The molecule has 2 aromatic rings. The number of benzene rings is 1. The van der Waals surface area contributed by atoms with Gasteiger partial charge in [0.15, 0.2) is 0 Å². The number of β-lactam (4-membered cyclic amide) rings is 1. The Kier molecular flexibility index (Phi) is 7.18. The number of anilines is 1. The van der Waals surface area contributed by atoms with Crippen molar-refractivity contribution in [2.75, 3.05) is 23.1 Å². The van der Waals surface area contributed by atoms with Gasteiger partial charge in [0, 0.05) is 22.1 Å². The van der Waals surface area contributed by atoms with Crippen LogP contribution in [0.15, 0.2) is 59.1 Å². The SMILES string of the molecule is O=C(Cc1cccs1)NC1C(=O)N2C(C(=O)O)=C(CSC3(C(=O)O)NNCN3c3ccccc3)CS[C@H]12. The average Bonchev–Trinajstić information content (AvgIpc) is 3.56. The van der Waals surface area contributed by atoms with Gasteiger partial charge in [0.1, 0.15) is 17.1 Å². The molecule has 14 heteroatoms. The van der Waals surface area contributed by atoms with Crippen molar-refractivity contribution in [1.29, 1.82) is 0 Å². The lowest BCUT2D eigenvalue weighted by Gasteiger charge is -2.49. The Labute approximate surface area is 224 Å². The third-order valence-electron chi connectivity index (χ3n) is 6.17. The number of amides is 2. The number of nitrogens with zero attached hydrogens (tertiary/aromatic N) is 2. The van der Waals surface area contributed by atoms with E-state index in [-0.39, 0.29) is 36.2 Å². The van der Waals surface area contributed by atoms with Gasteiger partial charge in [-0.1, -0.05) is 24.3 Å². The maximum atomic E-state index is 12.9. The summed E-state index contributed by atoms with van der Waals surface area (Å²) in [4.78, 5) is 52.1. The number of hydrazine groups is 1. The van der Waals surface area contributed by atoms with Gasteiger partial charge in [0.2, 0.25) is 5.91 Å². The zero-order valence-corrected chi connectivity index (χ0v) is 21.7. The van der Waals surface area contributed by atoms with Gasteiger partial charge in [-0.25, -0.2) is 20.4 Å². The van der Waals surface area contributed by atoms with E-state index < -0.39 is 34.3 Å². The molecule has 2 fully saturated rings. The predicted octanol–water partition coefficient (Wildman–Crippen LogP) is 1.07. The summed E-state index contributed by atoms with van der Waals surface area (Å²) < 4.78 is 0. The fourth-order valence-corrected chi connectivity index (χ4v) is 7.82. The summed E-state index contributed by atoms with van der Waals surface area (Å²) in [6.07, 6.45) is 0.151. The van der Waals surface area contributed by atoms with Crippen LogP contribution < -0.4 is 21.1 Å². The molecule has 0 saturated carbocycles. The minimum Gasteiger partial charge on any atom is -0.478 e. The Balaban J connectivity index is 1.32. The second kappa shape index (κ2) is 10.4. The van der Waals surface area contributed by atoms with Crippen molar-refractivity contribution < 1.29 is 29.4 Å². The van der Waals surface area contributed by atoms with Crippen molar-refractivity contribution in [3.63, 3.8) is 0 Å². The van der Waals surface area contributed by atoms with Crippen molar-refractivity contribution in [1.82, 2.24) is 21.1 Å². The zero-order chi connectivity index (χ0) is 26.2. The number of rotatable bonds is 9. The summed E-state index contributed by atoms with van der Waals surface area (Å²) in [6.45, 7) is 0.225. The molecular weight excluding hydrogens is 538 g/mol. The summed E-state index contributed by atoms with van der Waals surface area (Å²) >= 11 is 3.82. The topological polar surface area (TPSA) is 151 Å². The van der Waals surface area contributed by atoms with Gasteiger partial charge in [-0.3, -0.25) is 14.5 Å². The molecule has 5 rings (SSSR count). The monoisotopic (exact) mass is 561 g/mol. The molecule has 0 spiro atoms. The summed E-state index contributed by atoms with van der Waals surface area (Å²) in [5, 5.41) is 24.2. The molecule has 0 aliphatic carbocycles. The number of nitrogens with one attached hydrogen (secondary N) is 3. The van der Waals surface area contributed by atoms with E-state index in [1.54, 1.807) is 29.2 Å². The second-order valence-corrected chi connectivity index (χ2v) is 11.7. The Morgan fingerprint density at radius 2 is 1.95 bits per heavy atom. The molecule has 11 nitrogen and oxygen atoms in total. The number of carboxylic acid groups (broad SMARTS) is 2. The zero-order valence-electron chi connectivity index (χ0n) is 19.2. The number of para-hydroxylation sites is 1.